The van der Waals surface area contributed by atoms with Gasteiger partial charge in [-0.15, -0.1) is 0 Å². The number of carbonyl (C=O) groups excluding carboxylic acids is 1. The van der Waals surface area contributed by atoms with Crippen molar-refractivity contribution < 1.29 is 14.1 Å². The van der Waals surface area contributed by atoms with Crippen LogP contribution in [0.1, 0.15) is 36.5 Å². The van der Waals surface area contributed by atoms with Gasteiger partial charge in [-0.1, -0.05) is 5.16 Å². The molecule has 0 aliphatic carbocycles. The number of rotatable bonds is 6. The molecular formula is C11H18N2O3. The van der Waals surface area contributed by atoms with Crippen molar-refractivity contribution in [3.05, 3.63) is 17.5 Å². The van der Waals surface area contributed by atoms with Gasteiger partial charge in [-0.3, -0.25) is 4.79 Å². The zero-order chi connectivity index (χ0) is 12.0. The minimum Gasteiger partial charge on any atom is -0.379 e. The Morgan fingerprint density at radius 1 is 1.62 bits per heavy atom. The third-order valence-corrected chi connectivity index (χ3v) is 1.91. The van der Waals surface area contributed by atoms with Crippen molar-refractivity contribution in [1.82, 2.24) is 10.5 Å². The van der Waals surface area contributed by atoms with Gasteiger partial charge in [0.25, 0.3) is 5.91 Å². The average Bonchev–Trinajstić information content (AvgIpc) is 2.63. The number of aromatic nitrogens is 1. The van der Waals surface area contributed by atoms with E-state index in [1.165, 1.54) is 0 Å². The number of carbonyl (C=O) groups is 1. The van der Waals surface area contributed by atoms with Gasteiger partial charge in [0.1, 0.15) is 0 Å². The summed E-state index contributed by atoms with van der Waals surface area (Å²) < 4.78 is 10.2. The second-order valence-electron chi connectivity index (χ2n) is 3.86. The number of nitrogens with zero attached hydrogens (tertiary/aromatic N) is 1. The molecule has 1 amide bonds. The molecule has 0 aliphatic heterocycles. The highest BCUT2D eigenvalue weighted by Gasteiger charge is 2.10. The first-order valence-corrected chi connectivity index (χ1v) is 5.42. The van der Waals surface area contributed by atoms with Crippen LogP contribution in [-0.2, 0) is 4.74 Å². The molecule has 0 radical (unpaired) electrons. The van der Waals surface area contributed by atoms with Gasteiger partial charge in [0, 0.05) is 19.2 Å². The van der Waals surface area contributed by atoms with Crippen LogP contribution >= 0.6 is 0 Å². The fourth-order valence-corrected chi connectivity index (χ4v) is 1.15. The fourth-order valence-electron chi connectivity index (χ4n) is 1.15. The van der Waals surface area contributed by atoms with Gasteiger partial charge < -0.3 is 14.6 Å². The number of ether oxygens (including phenoxy) is 1. The van der Waals surface area contributed by atoms with E-state index in [0.717, 1.165) is 6.42 Å². The Morgan fingerprint density at radius 2 is 2.38 bits per heavy atom. The molecule has 0 bridgehead atoms. The Hall–Kier alpha value is -1.36. The molecule has 1 aromatic heterocycles. The summed E-state index contributed by atoms with van der Waals surface area (Å²) >= 11 is 0. The number of aryl methyl sites for hydroxylation is 1. The zero-order valence-electron chi connectivity index (χ0n) is 9.95. The smallest absolute Gasteiger partial charge is 0.289 e. The summed E-state index contributed by atoms with van der Waals surface area (Å²) in [4.78, 5) is 11.5. The fraction of sp³-hybridized carbons (Fsp3) is 0.636. The van der Waals surface area contributed by atoms with Crippen molar-refractivity contribution in [2.45, 2.75) is 33.3 Å². The molecule has 0 spiro atoms. The van der Waals surface area contributed by atoms with Crippen molar-refractivity contribution in [3.63, 3.8) is 0 Å². The van der Waals surface area contributed by atoms with Gasteiger partial charge in [-0.25, -0.2) is 0 Å². The van der Waals surface area contributed by atoms with E-state index < -0.39 is 0 Å². The molecule has 90 valence electrons. The quantitative estimate of drug-likeness (QED) is 0.747. The second kappa shape index (κ2) is 6.27. The van der Waals surface area contributed by atoms with Crippen molar-refractivity contribution in [1.29, 1.82) is 0 Å². The minimum atomic E-state index is -0.231. The van der Waals surface area contributed by atoms with Crippen molar-refractivity contribution in [3.8, 4) is 0 Å². The molecule has 0 aromatic carbocycles. The molecule has 5 nitrogen and oxygen atoms in total. The average molecular weight is 226 g/mol. The van der Waals surface area contributed by atoms with Crippen molar-refractivity contribution >= 4 is 5.91 Å². The Morgan fingerprint density at radius 3 is 2.94 bits per heavy atom. The second-order valence-corrected chi connectivity index (χ2v) is 3.86. The summed E-state index contributed by atoms with van der Waals surface area (Å²) in [5, 5.41) is 6.38. The van der Waals surface area contributed by atoms with Gasteiger partial charge in [-0.05, 0) is 27.2 Å². The third kappa shape index (κ3) is 4.44. The molecule has 0 unspecified atom stereocenters. The lowest BCUT2D eigenvalue weighted by molar-refractivity contribution is 0.0752. The highest BCUT2D eigenvalue weighted by Crippen LogP contribution is 2.01. The number of hydrogen-bond acceptors (Lipinski definition) is 4. The van der Waals surface area contributed by atoms with Crippen LogP contribution in [0.25, 0.3) is 0 Å². The molecule has 5 heteroatoms. The molecule has 1 aromatic rings. The first kappa shape index (κ1) is 12.7. The normalized spacial score (nSPS) is 10.8. The van der Waals surface area contributed by atoms with Crippen LogP contribution in [0.2, 0.25) is 0 Å². The molecule has 0 saturated carbocycles. The number of nitrogens with one attached hydrogen (secondary N) is 1. The Kier molecular flexibility index (Phi) is 4.98. The Bertz CT molecular complexity index is 334. The summed E-state index contributed by atoms with van der Waals surface area (Å²) in [6.07, 6.45) is 1.02. The zero-order valence-corrected chi connectivity index (χ0v) is 9.95. The lowest BCUT2D eigenvalue weighted by Gasteiger charge is -2.07. The summed E-state index contributed by atoms with van der Waals surface area (Å²) in [6.45, 7) is 6.96. The van der Waals surface area contributed by atoms with E-state index in [1.54, 1.807) is 13.0 Å². The van der Waals surface area contributed by atoms with Crippen LogP contribution in [0.15, 0.2) is 10.6 Å². The maximum absolute atomic E-state index is 11.5. The van der Waals surface area contributed by atoms with E-state index >= 15 is 0 Å². The van der Waals surface area contributed by atoms with Crippen molar-refractivity contribution in [2.24, 2.45) is 0 Å². The Balaban J connectivity index is 2.16. The minimum absolute atomic E-state index is 0.229. The summed E-state index contributed by atoms with van der Waals surface area (Å²) in [5.41, 5.74) is 0.702. The highest BCUT2D eigenvalue weighted by molar-refractivity contribution is 5.91. The van der Waals surface area contributed by atoms with Crippen LogP contribution in [-0.4, -0.2) is 30.3 Å². The predicted molar refractivity (Wildman–Crippen MR) is 59.3 cm³/mol. The van der Waals surface area contributed by atoms with Gasteiger partial charge in [0.05, 0.1) is 11.8 Å². The summed E-state index contributed by atoms with van der Waals surface area (Å²) in [7, 11) is 0. The van der Waals surface area contributed by atoms with E-state index in [2.05, 4.69) is 10.5 Å². The molecule has 0 aliphatic rings. The van der Waals surface area contributed by atoms with Gasteiger partial charge in [-0.2, -0.15) is 0 Å². The van der Waals surface area contributed by atoms with Crippen LogP contribution in [0, 0.1) is 6.92 Å². The lowest BCUT2D eigenvalue weighted by atomic mass is 10.3. The molecule has 1 heterocycles. The first-order chi connectivity index (χ1) is 7.59. The molecule has 0 atom stereocenters. The molecule has 1 N–H and O–H groups in total. The van der Waals surface area contributed by atoms with Crippen LogP contribution < -0.4 is 5.32 Å². The van der Waals surface area contributed by atoms with E-state index in [9.17, 15) is 4.79 Å². The summed E-state index contributed by atoms with van der Waals surface area (Å²) in [5.74, 6) is 0.0208. The Labute approximate surface area is 95.1 Å². The molecule has 1 rings (SSSR count). The topological polar surface area (TPSA) is 64.4 Å². The van der Waals surface area contributed by atoms with Crippen LogP contribution in [0.5, 0.6) is 0 Å². The monoisotopic (exact) mass is 226 g/mol. The third-order valence-electron chi connectivity index (χ3n) is 1.91. The van der Waals surface area contributed by atoms with Crippen LogP contribution in [0.3, 0.4) is 0 Å². The highest BCUT2D eigenvalue weighted by atomic mass is 16.5. The van der Waals surface area contributed by atoms with Crippen LogP contribution in [0.4, 0.5) is 0 Å². The SMILES string of the molecule is Cc1cc(C(=O)NCCCOC(C)C)on1. The first-order valence-electron chi connectivity index (χ1n) is 5.42. The predicted octanol–water partition coefficient (Wildman–Crippen LogP) is 1.53. The van der Waals surface area contributed by atoms with E-state index in [4.69, 9.17) is 9.26 Å². The largest absolute Gasteiger partial charge is 0.379 e. The maximum Gasteiger partial charge on any atom is 0.289 e. The molecular weight excluding hydrogens is 208 g/mol. The summed E-state index contributed by atoms with van der Waals surface area (Å²) in [6, 6.07) is 1.61. The van der Waals surface area contributed by atoms with Gasteiger partial charge in [0.2, 0.25) is 5.76 Å². The maximum atomic E-state index is 11.5. The van der Waals surface area contributed by atoms with E-state index in [-0.39, 0.29) is 17.8 Å². The van der Waals surface area contributed by atoms with Gasteiger partial charge >= 0.3 is 0 Å². The van der Waals surface area contributed by atoms with E-state index in [0.29, 0.717) is 18.8 Å². The molecule has 0 saturated heterocycles. The number of amides is 1. The number of hydrogen-bond donors (Lipinski definition) is 1. The molecule has 0 fully saturated rings. The van der Waals surface area contributed by atoms with E-state index in [1.807, 2.05) is 13.8 Å². The standard InChI is InChI=1S/C11H18N2O3/c1-8(2)15-6-4-5-12-11(14)10-7-9(3)13-16-10/h7-8H,4-6H2,1-3H3,(H,12,14). The van der Waals surface area contributed by atoms with Crippen molar-refractivity contribution in [2.75, 3.05) is 13.2 Å². The van der Waals surface area contributed by atoms with Gasteiger partial charge in [0.15, 0.2) is 0 Å². The molecule has 16 heavy (non-hydrogen) atoms. The lowest BCUT2D eigenvalue weighted by Crippen LogP contribution is -2.25.